The number of nitrogens with zero attached hydrogens (tertiary/aromatic N) is 4. The van der Waals surface area contributed by atoms with Crippen molar-refractivity contribution in [3.05, 3.63) is 26.7 Å². The van der Waals surface area contributed by atoms with Crippen molar-refractivity contribution in [2.24, 2.45) is 14.1 Å². The van der Waals surface area contributed by atoms with Gasteiger partial charge in [-0.3, -0.25) is 18.7 Å². The van der Waals surface area contributed by atoms with Gasteiger partial charge in [0.15, 0.2) is 22.8 Å². The van der Waals surface area contributed by atoms with Gasteiger partial charge < -0.3 is 14.4 Å². The SMILES string of the molecule is CC(=O)[C@H](C)n1c(C[NH+]2CC[NH+](C)CC2)nc2c1c(=O)n(C)c(=O)n2C. The molecule has 142 valence electrons. The molecule has 0 radical (unpaired) electrons. The van der Waals surface area contributed by atoms with Crippen LogP contribution in [0.4, 0.5) is 0 Å². The number of likely N-dealkylation sites (N-methyl/N-ethyl adjacent to an activating group) is 1. The van der Waals surface area contributed by atoms with Gasteiger partial charge >= 0.3 is 5.69 Å². The van der Waals surface area contributed by atoms with Gasteiger partial charge in [0.2, 0.25) is 0 Å². The zero-order chi connectivity index (χ0) is 19.2. The average molecular weight is 364 g/mol. The second-order valence-corrected chi connectivity index (χ2v) is 7.45. The second kappa shape index (κ2) is 6.81. The Morgan fingerprint density at radius 2 is 1.77 bits per heavy atom. The maximum Gasteiger partial charge on any atom is 0.332 e. The van der Waals surface area contributed by atoms with Crippen molar-refractivity contribution in [2.75, 3.05) is 33.2 Å². The van der Waals surface area contributed by atoms with Gasteiger partial charge in [-0.05, 0) is 13.8 Å². The van der Waals surface area contributed by atoms with Gasteiger partial charge in [0.05, 0.1) is 13.1 Å². The van der Waals surface area contributed by atoms with Crippen molar-refractivity contribution in [2.45, 2.75) is 26.4 Å². The Hall–Kier alpha value is -2.26. The van der Waals surface area contributed by atoms with E-state index >= 15 is 0 Å². The van der Waals surface area contributed by atoms with E-state index in [1.807, 2.05) is 0 Å². The summed E-state index contributed by atoms with van der Waals surface area (Å²) >= 11 is 0. The van der Waals surface area contributed by atoms with E-state index in [1.54, 1.807) is 18.5 Å². The molecule has 0 spiro atoms. The highest BCUT2D eigenvalue weighted by Crippen LogP contribution is 2.18. The lowest BCUT2D eigenvalue weighted by Gasteiger charge is -2.27. The van der Waals surface area contributed by atoms with Crippen molar-refractivity contribution in [1.29, 1.82) is 0 Å². The van der Waals surface area contributed by atoms with Crippen LogP contribution in [0.15, 0.2) is 9.59 Å². The molecular formula is C17H28N6O3+2. The molecule has 1 atom stereocenters. The number of carbonyl (C=O) groups is 1. The third kappa shape index (κ3) is 3.01. The molecule has 0 unspecified atom stereocenters. The molecule has 0 amide bonds. The summed E-state index contributed by atoms with van der Waals surface area (Å²) in [5.74, 6) is 0.648. The van der Waals surface area contributed by atoms with Gasteiger partial charge in [0.25, 0.3) is 5.56 Å². The van der Waals surface area contributed by atoms with Crippen molar-refractivity contribution in [1.82, 2.24) is 18.7 Å². The van der Waals surface area contributed by atoms with E-state index in [1.165, 1.54) is 28.3 Å². The zero-order valence-corrected chi connectivity index (χ0v) is 16.1. The fraction of sp³-hybridized carbons (Fsp3) is 0.647. The van der Waals surface area contributed by atoms with Gasteiger partial charge in [0.1, 0.15) is 32.7 Å². The smallest absolute Gasteiger partial charge is 0.328 e. The molecule has 1 aliphatic heterocycles. The van der Waals surface area contributed by atoms with E-state index in [0.717, 1.165) is 30.7 Å². The molecule has 1 aliphatic rings. The van der Waals surface area contributed by atoms with Crippen LogP contribution in [0.2, 0.25) is 0 Å². The molecule has 0 saturated carbocycles. The molecule has 3 heterocycles. The number of rotatable bonds is 4. The number of carbonyl (C=O) groups excluding carboxylic acids is 1. The van der Waals surface area contributed by atoms with E-state index in [9.17, 15) is 14.4 Å². The Morgan fingerprint density at radius 1 is 1.15 bits per heavy atom. The summed E-state index contributed by atoms with van der Waals surface area (Å²) in [5, 5.41) is 0. The normalized spacial score (nSPS) is 21.9. The summed E-state index contributed by atoms with van der Waals surface area (Å²) in [7, 11) is 5.24. The van der Waals surface area contributed by atoms with Crippen LogP contribution in [-0.4, -0.2) is 57.7 Å². The molecule has 3 rings (SSSR count). The Morgan fingerprint density at radius 3 is 2.35 bits per heavy atom. The monoisotopic (exact) mass is 364 g/mol. The summed E-state index contributed by atoms with van der Waals surface area (Å²) in [4.78, 5) is 44.6. The molecule has 26 heavy (non-hydrogen) atoms. The first-order valence-electron chi connectivity index (χ1n) is 9.04. The van der Waals surface area contributed by atoms with E-state index in [0.29, 0.717) is 23.5 Å². The third-order valence-electron chi connectivity index (χ3n) is 5.56. The molecule has 2 N–H and O–H groups in total. The number of hydrogen-bond donors (Lipinski definition) is 2. The Kier molecular flexibility index (Phi) is 4.85. The number of ketones is 1. The number of nitrogens with one attached hydrogen (secondary N) is 2. The molecule has 9 nitrogen and oxygen atoms in total. The number of imidazole rings is 1. The summed E-state index contributed by atoms with van der Waals surface area (Å²) in [6, 6.07) is -0.502. The number of Topliss-reactive ketones (excluding diaryl/α,β-unsaturated/α-hetero) is 1. The topological polar surface area (TPSA) is 87.8 Å². The Bertz CT molecular complexity index is 962. The predicted molar refractivity (Wildman–Crippen MR) is 96.6 cm³/mol. The predicted octanol–water partition coefficient (Wildman–Crippen LogP) is -3.50. The standard InChI is InChI=1S/C17H26N6O3/c1-11(12(2)24)23-13(10-22-8-6-19(3)7-9-22)18-15-14(23)16(25)21(5)17(26)20(15)4/h11H,6-10H2,1-5H3/p+2/t11-/m0/s1. The molecule has 2 aromatic rings. The van der Waals surface area contributed by atoms with Crippen molar-refractivity contribution in [3.8, 4) is 0 Å². The summed E-state index contributed by atoms with van der Waals surface area (Å²) < 4.78 is 4.19. The lowest BCUT2D eigenvalue weighted by molar-refractivity contribution is -1.01. The largest absolute Gasteiger partial charge is 0.332 e. The second-order valence-electron chi connectivity index (χ2n) is 7.45. The van der Waals surface area contributed by atoms with E-state index in [-0.39, 0.29) is 5.78 Å². The lowest BCUT2D eigenvalue weighted by Crippen LogP contribution is -3.26. The summed E-state index contributed by atoms with van der Waals surface area (Å²) in [6.45, 7) is 8.12. The van der Waals surface area contributed by atoms with Gasteiger partial charge in [-0.25, -0.2) is 9.78 Å². The molecular weight excluding hydrogens is 336 g/mol. The Labute approximate surface area is 151 Å². The maximum atomic E-state index is 12.8. The first-order valence-corrected chi connectivity index (χ1v) is 9.04. The molecule has 0 aliphatic carbocycles. The van der Waals surface area contributed by atoms with Crippen LogP contribution in [0.25, 0.3) is 11.2 Å². The van der Waals surface area contributed by atoms with Crippen molar-refractivity contribution in [3.63, 3.8) is 0 Å². The maximum absolute atomic E-state index is 12.8. The van der Waals surface area contributed by atoms with Gasteiger partial charge in [-0.2, -0.15) is 0 Å². The summed E-state index contributed by atoms with van der Waals surface area (Å²) in [6.07, 6.45) is 0. The highest BCUT2D eigenvalue weighted by molar-refractivity contribution is 5.82. The quantitative estimate of drug-likeness (QED) is 0.589. The third-order valence-corrected chi connectivity index (χ3v) is 5.56. The molecule has 1 fully saturated rings. The van der Waals surface area contributed by atoms with Crippen molar-refractivity contribution < 1.29 is 14.6 Å². The first kappa shape index (κ1) is 18.5. The van der Waals surface area contributed by atoms with E-state index < -0.39 is 17.3 Å². The van der Waals surface area contributed by atoms with Gasteiger partial charge in [-0.1, -0.05) is 0 Å². The highest BCUT2D eigenvalue weighted by Gasteiger charge is 2.28. The summed E-state index contributed by atoms with van der Waals surface area (Å²) in [5.41, 5.74) is -0.149. The van der Waals surface area contributed by atoms with Crippen LogP contribution in [0.5, 0.6) is 0 Å². The minimum absolute atomic E-state index is 0.0423. The van der Waals surface area contributed by atoms with Crippen LogP contribution in [0, 0.1) is 0 Å². The fourth-order valence-corrected chi connectivity index (χ4v) is 3.61. The fourth-order valence-electron chi connectivity index (χ4n) is 3.61. The number of hydrogen-bond acceptors (Lipinski definition) is 4. The minimum atomic E-state index is -0.502. The molecule has 0 aromatic carbocycles. The van der Waals surface area contributed by atoms with Crippen LogP contribution < -0.4 is 21.0 Å². The van der Waals surface area contributed by atoms with Gasteiger partial charge in [0, 0.05) is 14.1 Å². The average Bonchev–Trinajstić information content (AvgIpc) is 2.98. The van der Waals surface area contributed by atoms with Gasteiger partial charge in [-0.15, -0.1) is 0 Å². The molecule has 2 aromatic heterocycles. The number of quaternary nitrogens is 2. The van der Waals surface area contributed by atoms with Crippen LogP contribution >= 0.6 is 0 Å². The number of piperazine rings is 1. The Balaban J connectivity index is 2.18. The molecule has 0 bridgehead atoms. The number of fused-ring (bicyclic) bond motifs is 1. The van der Waals surface area contributed by atoms with E-state index in [4.69, 9.17) is 0 Å². The van der Waals surface area contributed by atoms with E-state index in [2.05, 4.69) is 12.0 Å². The highest BCUT2D eigenvalue weighted by atomic mass is 16.2. The zero-order valence-electron chi connectivity index (χ0n) is 16.1. The minimum Gasteiger partial charge on any atom is -0.328 e. The number of aromatic nitrogens is 4. The molecule has 9 heteroatoms. The van der Waals surface area contributed by atoms with Crippen LogP contribution in [0.1, 0.15) is 25.7 Å². The van der Waals surface area contributed by atoms with Crippen molar-refractivity contribution >= 4 is 16.9 Å². The van der Waals surface area contributed by atoms with Crippen LogP contribution in [-0.2, 0) is 25.4 Å². The van der Waals surface area contributed by atoms with Crippen LogP contribution in [0.3, 0.4) is 0 Å². The number of aryl methyl sites for hydroxylation is 1. The molecule has 1 saturated heterocycles. The first-order chi connectivity index (χ1) is 12.2. The lowest BCUT2D eigenvalue weighted by atomic mass is 10.2.